The zero-order valence-corrected chi connectivity index (χ0v) is 13.4. The van der Waals surface area contributed by atoms with E-state index in [1.807, 2.05) is 19.0 Å². The Balaban J connectivity index is 2.49. The molecule has 5 nitrogen and oxygen atoms in total. The summed E-state index contributed by atoms with van der Waals surface area (Å²) in [6, 6.07) is 6.25. The fourth-order valence-corrected chi connectivity index (χ4v) is 1.96. The lowest BCUT2D eigenvalue weighted by Crippen LogP contribution is -2.40. The van der Waals surface area contributed by atoms with Gasteiger partial charge in [0.25, 0.3) is 0 Å². The van der Waals surface area contributed by atoms with Crippen molar-refractivity contribution in [1.82, 2.24) is 15.1 Å². The second-order valence-electron chi connectivity index (χ2n) is 5.47. The smallest absolute Gasteiger partial charge is 0.239 e. The number of hydrogen-bond acceptors (Lipinski definition) is 3. The van der Waals surface area contributed by atoms with E-state index >= 15 is 0 Å². The maximum Gasteiger partial charge on any atom is 0.239 e. The molecule has 0 spiro atoms. The normalized spacial score (nSPS) is 10.6. The van der Waals surface area contributed by atoms with E-state index in [2.05, 4.69) is 5.32 Å². The number of halogens is 1. The summed E-state index contributed by atoms with van der Waals surface area (Å²) in [5.41, 5.74) is 0.401. The molecule has 0 saturated carbocycles. The molecule has 0 aliphatic carbocycles. The van der Waals surface area contributed by atoms with Gasteiger partial charge in [-0.15, -0.1) is 0 Å². The average Bonchev–Trinajstić information content (AvgIpc) is 2.45. The van der Waals surface area contributed by atoms with Crippen molar-refractivity contribution in [2.45, 2.75) is 19.9 Å². The number of carbonyl (C=O) groups excluding carboxylic acids is 2. The zero-order valence-electron chi connectivity index (χ0n) is 13.4. The summed E-state index contributed by atoms with van der Waals surface area (Å²) in [7, 11) is 3.93. The van der Waals surface area contributed by atoms with Crippen molar-refractivity contribution in [3.8, 4) is 0 Å². The van der Waals surface area contributed by atoms with Gasteiger partial charge < -0.3 is 15.1 Å². The van der Waals surface area contributed by atoms with E-state index in [4.69, 9.17) is 0 Å². The molecule has 0 aliphatic heterocycles. The van der Waals surface area contributed by atoms with Crippen LogP contribution in [0.3, 0.4) is 0 Å². The molecule has 2 amide bonds. The minimum Gasteiger partial charge on any atom is -0.355 e. The Labute approximate surface area is 131 Å². The third-order valence-electron chi connectivity index (χ3n) is 3.20. The van der Waals surface area contributed by atoms with Crippen LogP contribution in [-0.4, -0.2) is 55.3 Å². The minimum absolute atomic E-state index is 0.0639. The highest BCUT2D eigenvalue weighted by Crippen LogP contribution is 2.09. The first-order valence-electron chi connectivity index (χ1n) is 7.30. The molecule has 0 heterocycles. The lowest BCUT2D eigenvalue weighted by atomic mass is 10.2. The van der Waals surface area contributed by atoms with Gasteiger partial charge in [0.05, 0.1) is 6.54 Å². The molecule has 122 valence electrons. The van der Waals surface area contributed by atoms with Gasteiger partial charge in [0, 0.05) is 25.6 Å². The van der Waals surface area contributed by atoms with Crippen molar-refractivity contribution in [1.29, 1.82) is 0 Å². The Morgan fingerprint density at radius 2 is 1.91 bits per heavy atom. The van der Waals surface area contributed by atoms with Gasteiger partial charge in [-0.05, 0) is 33.1 Å². The summed E-state index contributed by atoms with van der Waals surface area (Å²) in [6.45, 7) is 2.84. The number of rotatable bonds is 8. The molecule has 0 aromatic heterocycles. The van der Waals surface area contributed by atoms with E-state index in [0.717, 1.165) is 13.0 Å². The maximum absolute atomic E-state index is 13.6. The van der Waals surface area contributed by atoms with Gasteiger partial charge in [-0.25, -0.2) is 4.39 Å². The van der Waals surface area contributed by atoms with Gasteiger partial charge in [0.2, 0.25) is 11.8 Å². The fourth-order valence-electron chi connectivity index (χ4n) is 1.96. The molecule has 0 radical (unpaired) electrons. The van der Waals surface area contributed by atoms with Gasteiger partial charge in [0.15, 0.2) is 0 Å². The van der Waals surface area contributed by atoms with Crippen LogP contribution >= 0.6 is 0 Å². The van der Waals surface area contributed by atoms with E-state index in [0.29, 0.717) is 12.1 Å². The molecule has 0 bridgehead atoms. The van der Waals surface area contributed by atoms with Crippen molar-refractivity contribution in [3.63, 3.8) is 0 Å². The van der Waals surface area contributed by atoms with E-state index in [1.165, 1.54) is 17.9 Å². The topological polar surface area (TPSA) is 52.7 Å². The lowest BCUT2D eigenvalue weighted by molar-refractivity contribution is -0.134. The zero-order chi connectivity index (χ0) is 16.5. The first-order valence-corrected chi connectivity index (χ1v) is 7.30. The maximum atomic E-state index is 13.6. The number of benzene rings is 1. The first-order chi connectivity index (χ1) is 10.4. The molecule has 0 saturated heterocycles. The van der Waals surface area contributed by atoms with Crippen LogP contribution in [0.1, 0.15) is 18.9 Å². The number of hydrogen-bond donors (Lipinski definition) is 1. The molecule has 0 unspecified atom stereocenters. The highest BCUT2D eigenvalue weighted by atomic mass is 19.1. The van der Waals surface area contributed by atoms with Gasteiger partial charge in [-0.1, -0.05) is 18.2 Å². The van der Waals surface area contributed by atoms with Crippen LogP contribution in [0, 0.1) is 5.82 Å². The SMILES string of the molecule is CC(=O)N(CC(=O)NCCCN(C)C)Cc1ccccc1F. The van der Waals surface area contributed by atoms with Gasteiger partial charge in [0.1, 0.15) is 5.82 Å². The van der Waals surface area contributed by atoms with Crippen LogP contribution < -0.4 is 5.32 Å². The van der Waals surface area contributed by atoms with Crippen molar-refractivity contribution in [2.75, 3.05) is 33.7 Å². The predicted molar refractivity (Wildman–Crippen MR) is 83.7 cm³/mol. The summed E-state index contributed by atoms with van der Waals surface area (Å²) in [6.07, 6.45) is 0.839. The van der Waals surface area contributed by atoms with Crippen LogP contribution in [0.2, 0.25) is 0 Å². The fraction of sp³-hybridized carbons (Fsp3) is 0.500. The number of amides is 2. The molecule has 1 aromatic carbocycles. The van der Waals surface area contributed by atoms with E-state index < -0.39 is 0 Å². The molecule has 1 rings (SSSR count). The summed E-state index contributed by atoms with van der Waals surface area (Å²) in [5, 5.41) is 2.77. The Morgan fingerprint density at radius 3 is 2.50 bits per heavy atom. The second-order valence-corrected chi connectivity index (χ2v) is 5.47. The molecule has 0 aliphatic rings. The standard InChI is InChI=1S/C16H24FN3O2/c1-13(21)20(11-14-7-4-5-8-15(14)17)12-16(22)18-9-6-10-19(2)3/h4-5,7-8H,6,9-12H2,1-3H3,(H,18,22). The molecule has 22 heavy (non-hydrogen) atoms. The number of nitrogens with one attached hydrogen (secondary N) is 1. The monoisotopic (exact) mass is 309 g/mol. The Bertz CT molecular complexity index is 506. The van der Waals surface area contributed by atoms with Crippen molar-refractivity contribution < 1.29 is 14.0 Å². The molecule has 6 heteroatoms. The third kappa shape index (κ3) is 6.67. The largest absolute Gasteiger partial charge is 0.355 e. The first kappa shape index (κ1) is 18.1. The predicted octanol–water partition coefficient (Wildman–Crippen LogP) is 1.24. The van der Waals surface area contributed by atoms with Crippen molar-refractivity contribution >= 4 is 11.8 Å². The minimum atomic E-state index is -0.375. The number of nitrogens with zero attached hydrogens (tertiary/aromatic N) is 2. The van der Waals surface area contributed by atoms with Gasteiger partial charge in [-0.2, -0.15) is 0 Å². The molecule has 1 N–H and O–H groups in total. The average molecular weight is 309 g/mol. The van der Waals surface area contributed by atoms with Crippen molar-refractivity contribution in [2.24, 2.45) is 0 Å². The van der Waals surface area contributed by atoms with Crippen molar-refractivity contribution in [3.05, 3.63) is 35.6 Å². The Hall–Kier alpha value is -1.95. The lowest BCUT2D eigenvalue weighted by Gasteiger charge is -2.21. The molecular formula is C16H24FN3O2. The summed E-state index contributed by atoms with van der Waals surface area (Å²) >= 11 is 0. The van der Waals surface area contributed by atoms with E-state index in [9.17, 15) is 14.0 Å². The molecular weight excluding hydrogens is 285 g/mol. The van der Waals surface area contributed by atoms with E-state index in [-0.39, 0.29) is 30.7 Å². The Kier molecular flexibility index (Phi) is 7.52. The molecule has 1 aromatic rings. The Morgan fingerprint density at radius 1 is 1.23 bits per heavy atom. The summed E-state index contributed by atoms with van der Waals surface area (Å²) in [4.78, 5) is 26.9. The molecule has 0 atom stereocenters. The van der Waals surface area contributed by atoms with Gasteiger partial charge in [-0.3, -0.25) is 9.59 Å². The van der Waals surface area contributed by atoms with Crippen LogP contribution in [-0.2, 0) is 16.1 Å². The second kappa shape index (κ2) is 9.15. The van der Waals surface area contributed by atoms with Gasteiger partial charge >= 0.3 is 0 Å². The quantitative estimate of drug-likeness (QED) is 0.735. The number of carbonyl (C=O) groups is 2. The van der Waals surface area contributed by atoms with Crippen LogP contribution in [0.15, 0.2) is 24.3 Å². The summed E-state index contributed by atoms with van der Waals surface area (Å²) in [5.74, 6) is -0.864. The highest BCUT2D eigenvalue weighted by Gasteiger charge is 2.15. The van der Waals surface area contributed by atoms with Crippen LogP contribution in [0.25, 0.3) is 0 Å². The third-order valence-corrected chi connectivity index (χ3v) is 3.20. The van der Waals surface area contributed by atoms with Crippen LogP contribution in [0.4, 0.5) is 4.39 Å². The highest BCUT2D eigenvalue weighted by molar-refractivity contribution is 5.83. The molecule has 0 fully saturated rings. The summed E-state index contributed by atoms with van der Waals surface area (Å²) < 4.78 is 13.6. The van der Waals surface area contributed by atoms with Crippen LogP contribution in [0.5, 0.6) is 0 Å². The van der Waals surface area contributed by atoms with E-state index in [1.54, 1.807) is 18.2 Å².